The number of aliphatic carboxylic acids is 1. The molecule has 0 aromatic rings. The molecule has 0 spiro atoms. The second-order valence-corrected chi connectivity index (χ2v) is 7.41. The van der Waals surface area contributed by atoms with Crippen LogP contribution in [0.1, 0.15) is 57.8 Å². The maximum Gasteiger partial charge on any atom is 0.303 e. The Morgan fingerprint density at radius 1 is 1.10 bits per heavy atom. The fourth-order valence-electron chi connectivity index (χ4n) is 2.91. The van der Waals surface area contributed by atoms with Crippen molar-refractivity contribution in [1.82, 2.24) is 0 Å². The zero-order chi connectivity index (χ0) is 14.2. The summed E-state index contributed by atoms with van der Waals surface area (Å²) < 4.78 is 5.92. The van der Waals surface area contributed by atoms with E-state index in [2.05, 4.69) is 11.8 Å². The molecular formula is C16H28O3S. The van der Waals surface area contributed by atoms with Crippen molar-refractivity contribution in [1.29, 1.82) is 0 Å². The molecule has 1 aliphatic carbocycles. The van der Waals surface area contributed by atoms with Crippen LogP contribution in [0, 0.1) is 11.8 Å². The molecule has 116 valence electrons. The van der Waals surface area contributed by atoms with Crippen LogP contribution in [0.3, 0.4) is 0 Å². The summed E-state index contributed by atoms with van der Waals surface area (Å²) in [6.45, 7) is 0.981. The summed E-state index contributed by atoms with van der Waals surface area (Å²) >= 11 is 2.10. The second kappa shape index (κ2) is 8.93. The van der Waals surface area contributed by atoms with E-state index in [0.717, 1.165) is 31.3 Å². The van der Waals surface area contributed by atoms with Gasteiger partial charge in [-0.05, 0) is 55.4 Å². The summed E-state index contributed by atoms with van der Waals surface area (Å²) in [6, 6.07) is 0. The standard InChI is InChI=1S/C16H28O3S/c17-16(18)6-4-2-1-3-5-14-12-20-10-9-13(14)11-19-15-7-8-15/h13-15H,1-12H2,(H,17,18). The van der Waals surface area contributed by atoms with Crippen molar-refractivity contribution in [3.63, 3.8) is 0 Å². The number of carboxylic acid groups (broad SMARTS) is 1. The largest absolute Gasteiger partial charge is 0.481 e. The van der Waals surface area contributed by atoms with E-state index in [9.17, 15) is 4.79 Å². The minimum absolute atomic E-state index is 0.330. The summed E-state index contributed by atoms with van der Waals surface area (Å²) in [6.07, 6.45) is 10.4. The summed E-state index contributed by atoms with van der Waals surface area (Å²) in [4.78, 5) is 10.4. The lowest BCUT2D eigenvalue weighted by molar-refractivity contribution is -0.137. The number of ether oxygens (including phenoxy) is 1. The molecule has 2 atom stereocenters. The summed E-state index contributed by atoms with van der Waals surface area (Å²) in [7, 11) is 0. The zero-order valence-electron chi connectivity index (χ0n) is 12.4. The Hall–Kier alpha value is -0.220. The molecule has 2 aliphatic rings. The van der Waals surface area contributed by atoms with Crippen LogP contribution < -0.4 is 0 Å². The average Bonchev–Trinajstić information content (AvgIpc) is 3.25. The summed E-state index contributed by atoms with van der Waals surface area (Å²) in [5.74, 6) is 3.54. The van der Waals surface area contributed by atoms with E-state index in [0.29, 0.717) is 12.5 Å². The molecule has 1 saturated heterocycles. The molecule has 1 N–H and O–H groups in total. The van der Waals surface area contributed by atoms with Gasteiger partial charge in [0.05, 0.1) is 12.7 Å². The number of carboxylic acids is 1. The molecule has 0 aromatic heterocycles. The van der Waals surface area contributed by atoms with Crippen LogP contribution in [0.25, 0.3) is 0 Å². The Kier molecular flexibility index (Phi) is 7.22. The number of thioether (sulfide) groups is 1. The van der Waals surface area contributed by atoms with Crippen LogP contribution in [-0.2, 0) is 9.53 Å². The van der Waals surface area contributed by atoms with E-state index < -0.39 is 5.97 Å². The minimum Gasteiger partial charge on any atom is -0.481 e. The topological polar surface area (TPSA) is 46.5 Å². The molecule has 0 amide bonds. The summed E-state index contributed by atoms with van der Waals surface area (Å²) in [5, 5.41) is 8.60. The monoisotopic (exact) mass is 300 g/mol. The Labute approximate surface area is 126 Å². The molecule has 4 heteroatoms. The van der Waals surface area contributed by atoms with Crippen LogP contribution in [0.2, 0.25) is 0 Å². The van der Waals surface area contributed by atoms with Gasteiger partial charge >= 0.3 is 5.97 Å². The lowest BCUT2D eigenvalue weighted by atomic mass is 9.87. The fourth-order valence-corrected chi connectivity index (χ4v) is 4.29. The highest BCUT2D eigenvalue weighted by Gasteiger charge is 2.28. The Bertz CT molecular complexity index is 291. The van der Waals surface area contributed by atoms with Gasteiger partial charge in [0, 0.05) is 6.42 Å². The van der Waals surface area contributed by atoms with Gasteiger partial charge in [-0.1, -0.05) is 19.3 Å². The van der Waals surface area contributed by atoms with Crippen molar-refractivity contribution in [2.24, 2.45) is 11.8 Å². The lowest BCUT2D eigenvalue weighted by Crippen LogP contribution is -2.27. The maximum absolute atomic E-state index is 10.4. The quantitative estimate of drug-likeness (QED) is 0.620. The SMILES string of the molecule is O=C(O)CCCCCCC1CSCCC1COC1CC1. The van der Waals surface area contributed by atoms with Crippen molar-refractivity contribution < 1.29 is 14.6 Å². The maximum atomic E-state index is 10.4. The van der Waals surface area contributed by atoms with Gasteiger partial charge in [-0.3, -0.25) is 4.79 Å². The molecule has 0 aromatic carbocycles. The van der Waals surface area contributed by atoms with E-state index in [4.69, 9.17) is 9.84 Å². The molecule has 2 unspecified atom stereocenters. The average molecular weight is 300 g/mol. The first kappa shape index (κ1) is 16.2. The number of hydrogen-bond acceptors (Lipinski definition) is 3. The normalized spacial score (nSPS) is 26.6. The predicted molar refractivity (Wildman–Crippen MR) is 83.2 cm³/mol. The van der Waals surface area contributed by atoms with Crippen molar-refractivity contribution >= 4 is 17.7 Å². The van der Waals surface area contributed by atoms with Crippen LogP contribution >= 0.6 is 11.8 Å². The van der Waals surface area contributed by atoms with Gasteiger partial charge in [0.25, 0.3) is 0 Å². The molecule has 20 heavy (non-hydrogen) atoms. The van der Waals surface area contributed by atoms with Crippen molar-refractivity contribution in [2.75, 3.05) is 18.1 Å². The Morgan fingerprint density at radius 2 is 1.90 bits per heavy atom. The van der Waals surface area contributed by atoms with Gasteiger partial charge < -0.3 is 9.84 Å². The van der Waals surface area contributed by atoms with E-state index >= 15 is 0 Å². The van der Waals surface area contributed by atoms with Crippen LogP contribution in [0.4, 0.5) is 0 Å². The van der Waals surface area contributed by atoms with E-state index in [1.165, 1.54) is 50.0 Å². The van der Waals surface area contributed by atoms with Crippen molar-refractivity contribution in [3.8, 4) is 0 Å². The summed E-state index contributed by atoms with van der Waals surface area (Å²) in [5.41, 5.74) is 0. The molecule has 0 bridgehead atoms. The predicted octanol–water partition coefficient (Wildman–Crippen LogP) is 3.96. The highest BCUT2D eigenvalue weighted by molar-refractivity contribution is 7.99. The van der Waals surface area contributed by atoms with Gasteiger partial charge in [-0.25, -0.2) is 0 Å². The molecule has 3 nitrogen and oxygen atoms in total. The third-order valence-electron chi connectivity index (χ3n) is 4.42. The Morgan fingerprint density at radius 3 is 2.65 bits per heavy atom. The molecule has 1 aliphatic heterocycles. The van der Waals surface area contributed by atoms with E-state index in [1.807, 2.05) is 0 Å². The molecule has 2 rings (SSSR count). The number of unbranched alkanes of at least 4 members (excludes halogenated alkanes) is 3. The van der Waals surface area contributed by atoms with Gasteiger partial charge in [-0.2, -0.15) is 11.8 Å². The van der Waals surface area contributed by atoms with Crippen molar-refractivity contribution in [3.05, 3.63) is 0 Å². The molecule has 2 fully saturated rings. The highest BCUT2D eigenvalue weighted by atomic mass is 32.2. The number of rotatable bonds is 10. The highest BCUT2D eigenvalue weighted by Crippen LogP contribution is 2.34. The lowest BCUT2D eigenvalue weighted by Gasteiger charge is -2.31. The first-order chi connectivity index (χ1) is 9.75. The van der Waals surface area contributed by atoms with Gasteiger partial charge in [0.15, 0.2) is 0 Å². The van der Waals surface area contributed by atoms with Crippen LogP contribution in [-0.4, -0.2) is 35.3 Å². The number of carbonyl (C=O) groups is 1. The molecule has 1 heterocycles. The smallest absolute Gasteiger partial charge is 0.303 e. The van der Waals surface area contributed by atoms with Crippen molar-refractivity contribution in [2.45, 2.75) is 63.9 Å². The van der Waals surface area contributed by atoms with E-state index in [-0.39, 0.29) is 0 Å². The van der Waals surface area contributed by atoms with Crippen LogP contribution in [0.15, 0.2) is 0 Å². The first-order valence-corrected chi connectivity index (χ1v) is 9.32. The molecular weight excluding hydrogens is 272 g/mol. The number of hydrogen-bond donors (Lipinski definition) is 1. The van der Waals surface area contributed by atoms with Gasteiger partial charge in [-0.15, -0.1) is 0 Å². The van der Waals surface area contributed by atoms with Gasteiger partial charge in [0.2, 0.25) is 0 Å². The zero-order valence-corrected chi connectivity index (χ0v) is 13.2. The van der Waals surface area contributed by atoms with Crippen LogP contribution in [0.5, 0.6) is 0 Å². The minimum atomic E-state index is -0.661. The third-order valence-corrected chi connectivity index (χ3v) is 5.61. The fraction of sp³-hybridized carbons (Fsp3) is 0.938. The Balaban J connectivity index is 1.55. The van der Waals surface area contributed by atoms with Gasteiger partial charge in [0.1, 0.15) is 0 Å². The molecule has 0 radical (unpaired) electrons. The second-order valence-electron chi connectivity index (χ2n) is 6.26. The van der Waals surface area contributed by atoms with E-state index in [1.54, 1.807) is 0 Å². The third kappa shape index (κ3) is 6.49. The first-order valence-electron chi connectivity index (χ1n) is 8.17. The molecule has 1 saturated carbocycles.